The molecule has 19 heavy (non-hydrogen) atoms. The molecule has 1 atom stereocenters. The third-order valence-electron chi connectivity index (χ3n) is 2.50. The van der Waals surface area contributed by atoms with E-state index in [0.29, 0.717) is 11.5 Å². The first-order valence-electron chi connectivity index (χ1n) is 5.58. The van der Waals surface area contributed by atoms with Crippen LogP contribution in [0.3, 0.4) is 0 Å². The van der Waals surface area contributed by atoms with Crippen molar-refractivity contribution in [2.24, 2.45) is 0 Å². The lowest BCUT2D eigenvalue weighted by Gasteiger charge is -2.13. The van der Waals surface area contributed by atoms with E-state index in [1.165, 1.54) is 19.2 Å². The topological polar surface area (TPSA) is 94.5 Å². The van der Waals surface area contributed by atoms with Crippen molar-refractivity contribution in [1.29, 1.82) is 0 Å². The number of carbonyl (C=O) groups is 1. The molecule has 0 aromatic heterocycles. The van der Waals surface area contributed by atoms with Crippen LogP contribution >= 0.6 is 0 Å². The van der Waals surface area contributed by atoms with E-state index in [9.17, 15) is 9.90 Å². The maximum Gasteiger partial charge on any atom is 0.339 e. The fraction of sp³-hybridized carbons (Fsp3) is 0.417. The molecule has 2 N–H and O–H groups in total. The summed E-state index contributed by atoms with van der Waals surface area (Å²) in [6.07, 6.45) is -0.836. The van der Waals surface area contributed by atoms with Crippen molar-refractivity contribution in [2.75, 3.05) is 27.1 Å². The molecule has 1 aliphatic rings. The van der Waals surface area contributed by atoms with Crippen molar-refractivity contribution in [1.82, 2.24) is 0 Å². The molecule has 0 saturated carbocycles. The van der Waals surface area contributed by atoms with Gasteiger partial charge in [0.05, 0.1) is 6.61 Å². The Labute approximate surface area is 109 Å². The number of carboxylic acid groups (broad SMARTS) is 1. The van der Waals surface area contributed by atoms with Crippen LogP contribution in [0.15, 0.2) is 12.1 Å². The van der Waals surface area contributed by atoms with Crippen LogP contribution < -0.4 is 14.2 Å². The first-order chi connectivity index (χ1) is 9.11. The fourth-order valence-electron chi connectivity index (χ4n) is 1.64. The molecule has 0 saturated heterocycles. The number of hydrogen-bond acceptors (Lipinski definition) is 6. The number of hydrogen-bond donors (Lipinski definition) is 2. The molecule has 1 aromatic carbocycles. The van der Waals surface area contributed by atoms with Crippen molar-refractivity contribution >= 4 is 5.97 Å². The molecule has 0 amide bonds. The zero-order chi connectivity index (χ0) is 13.8. The summed E-state index contributed by atoms with van der Waals surface area (Å²) in [7, 11) is 1.45. The summed E-state index contributed by atoms with van der Waals surface area (Å²) in [5.74, 6) is -0.246. The van der Waals surface area contributed by atoms with Gasteiger partial charge in [-0.2, -0.15) is 0 Å². The van der Waals surface area contributed by atoms with Crippen LogP contribution in [0.4, 0.5) is 0 Å². The molecule has 1 aliphatic heterocycles. The molecule has 0 aliphatic carbocycles. The van der Waals surface area contributed by atoms with Crippen LogP contribution in [0, 0.1) is 0 Å². The van der Waals surface area contributed by atoms with Gasteiger partial charge >= 0.3 is 5.97 Å². The third kappa shape index (κ3) is 3.07. The number of aliphatic hydroxyl groups excluding tert-OH is 1. The van der Waals surface area contributed by atoms with Gasteiger partial charge in [0.25, 0.3) is 0 Å². The molecule has 1 heterocycles. The van der Waals surface area contributed by atoms with E-state index >= 15 is 0 Å². The summed E-state index contributed by atoms with van der Waals surface area (Å²) in [5.41, 5.74) is -0.0473. The minimum absolute atomic E-state index is 0.0458. The second kappa shape index (κ2) is 5.77. The Morgan fingerprint density at radius 1 is 1.37 bits per heavy atom. The predicted octanol–water partition coefficient (Wildman–Crippen LogP) is 0.500. The van der Waals surface area contributed by atoms with Crippen LogP contribution in [0.5, 0.6) is 17.2 Å². The monoisotopic (exact) mass is 270 g/mol. The maximum absolute atomic E-state index is 11.1. The van der Waals surface area contributed by atoms with Gasteiger partial charge in [-0.3, -0.25) is 0 Å². The first-order valence-corrected chi connectivity index (χ1v) is 5.58. The lowest BCUT2D eigenvalue weighted by atomic mass is 10.2. The Morgan fingerprint density at radius 3 is 2.68 bits per heavy atom. The van der Waals surface area contributed by atoms with Gasteiger partial charge in [-0.25, -0.2) is 4.79 Å². The molecule has 1 aromatic rings. The predicted molar refractivity (Wildman–Crippen MR) is 62.9 cm³/mol. The Hall–Kier alpha value is -1.99. The Kier molecular flexibility index (Phi) is 4.08. The average molecular weight is 270 g/mol. The van der Waals surface area contributed by atoms with Gasteiger partial charge in [0.1, 0.15) is 24.0 Å². The number of benzene rings is 1. The molecule has 2 rings (SSSR count). The van der Waals surface area contributed by atoms with Gasteiger partial charge in [0.15, 0.2) is 11.5 Å². The summed E-state index contributed by atoms with van der Waals surface area (Å²) in [5, 5.41) is 18.6. The van der Waals surface area contributed by atoms with Crippen LogP contribution in [-0.2, 0) is 4.74 Å². The molecule has 0 radical (unpaired) electrons. The lowest BCUT2D eigenvalue weighted by Crippen LogP contribution is -2.23. The number of methoxy groups -OCH3 is 1. The minimum atomic E-state index is -1.14. The molecule has 7 nitrogen and oxygen atoms in total. The summed E-state index contributed by atoms with van der Waals surface area (Å²) in [4.78, 5) is 11.1. The molecule has 1 unspecified atom stereocenters. The molecule has 0 spiro atoms. The van der Waals surface area contributed by atoms with E-state index in [1.807, 2.05) is 0 Å². The normalized spacial score (nSPS) is 14.2. The highest BCUT2D eigenvalue weighted by Gasteiger charge is 2.22. The zero-order valence-electron chi connectivity index (χ0n) is 10.3. The van der Waals surface area contributed by atoms with E-state index in [1.54, 1.807) is 0 Å². The fourth-order valence-corrected chi connectivity index (χ4v) is 1.64. The van der Waals surface area contributed by atoms with Crippen molar-refractivity contribution < 1.29 is 34.0 Å². The molecule has 7 heteroatoms. The molecule has 104 valence electrons. The van der Waals surface area contributed by atoms with E-state index in [2.05, 4.69) is 0 Å². The average Bonchev–Trinajstić information content (AvgIpc) is 2.82. The van der Waals surface area contributed by atoms with Crippen LogP contribution in [0.1, 0.15) is 10.4 Å². The number of aliphatic hydroxyl groups is 1. The Morgan fingerprint density at radius 2 is 2.05 bits per heavy atom. The van der Waals surface area contributed by atoms with E-state index in [4.69, 9.17) is 24.1 Å². The van der Waals surface area contributed by atoms with E-state index in [0.717, 1.165) is 0 Å². The quantitative estimate of drug-likeness (QED) is 0.777. The van der Waals surface area contributed by atoms with E-state index in [-0.39, 0.29) is 31.3 Å². The van der Waals surface area contributed by atoms with Crippen molar-refractivity contribution in [3.05, 3.63) is 17.7 Å². The summed E-state index contributed by atoms with van der Waals surface area (Å²) in [6.45, 7) is 0.0743. The highest BCUT2D eigenvalue weighted by atomic mass is 16.7. The number of ether oxygens (including phenoxy) is 4. The third-order valence-corrected chi connectivity index (χ3v) is 2.50. The standard InChI is InChI=1S/C12H14O7/c1-16-4-7(13)5-17-9-3-11-10(18-6-19-11)2-8(9)12(14)15/h2-3,7,13H,4-6H2,1H3,(H,14,15). The second-order valence-electron chi connectivity index (χ2n) is 3.93. The van der Waals surface area contributed by atoms with Crippen molar-refractivity contribution in [3.63, 3.8) is 0 Å². The number of fused-ring (bicyclic) bond motifs is 1. The maximum atomic E-state index is 11.1. The minimum Gasteiger partial charge on any atom is -0.490 e. The van der Waals surface area contributed by atoms with Gasteiger partial charge in [-0.15, -0.1) is 0 Å². The van der Waals surface area contributed by atoms with Crippen LogP contribution in [-0.4, -0.2) is 49.4 Å². The second-order valence-corrected chi connectivity index (χ2v) is 3.93. The van der Waals surface area contributed by atoms with Gasteiger partial charge in [0.2, 0.25) is 6.79 Å². The van der Waals surface area contributed by atoms with E-state index < -0.39 is 12.1 Å². The molecular weight excluding hydrogens is 256 g/mol. The zero-order valence-corrected chi connectivity index (χ0v) is 10.3. The van der Waals surface area contributed by atoms with Crippen LogP contribution in [0.2, 0.25) is 0 Å². The van der Waals surface area contributed by atoms with Gasteiger partial charge in [-0.1, -0.05) is 0 Å². The summed E-state index contributed by atoms with van der Waals surface area (Å²) < 4.78 is 20.3. The first kappa shape index (κ1) is 13.4. The highest BCUT2D eigenvalue weighted by molar-refractivity contribution is 5.92. The van der Waals surface area contributed by atoms with Crippen molar-refractivity contribution in [2.45, 2.75) is 6.10 Å². The largest absolute Gasteiger partial charge is 0.490 e. The lowest BCUT2D eigenvalue weighted by molar-refractivity contribution is 0.0318. The number of carboxylic acids is 1. The SMILES string of the molecule is COCC(O)COc1cc2c(cc1C(=O)O)OCO2. The summed E-state index contributed by atoms with van der Waals surface area (Å²) >= 11 is 0. The van der Waals surface area contributed by atoms with Crippen LogP contribution in [0.25, 0.3) is 0 Å². The highest BCUT2D eigenvalue weighted by Crippen LogP contribution is 2.38. The number of rotatable bonds is 6. The van der Waals surface area contributed by atoms with Gasteiger partial charge in [0, 0.05) is 19.2 Å². The number of aromatic carboxylic acids is 1. The molecule has 0 fully saturated rings. The van der Waals surface area contributed by atoms with Crippen molar-refractivity contribution in [3.8, 4) is 17.2 Å². The molecular formula is C12H14O7. The Balaban J connectivity index is 2.16. The smallest absolute Gasteiger partial charge is 0.339 e. The summed E-state index contributed by atoms with van der Waals surface area (Å²) in [6, 6.07) is 2.77. The van der Waals surface area contributed by atoms with Gasteiger partial charge < -0.3 is 29.2 Å². The van der Waals surface area contributed by atoms with Gasteiger partial charge in [-0.05, 0) is 0 Å². The Bertz CT molecular complexity index is 471. The molecule has 0 bridgehead atoms.